The van der Waals surface area contributed by atoms with Crippen molar-refractivity contribution < 1.29 is 9.53 Å². The molecule has 0 radical (unpaired) electrons. The number of nitriles is 1. The van der Waals surface area contributed by atoms with E-state index in [-0.39, 0.29) is 17.6 Å². The van der Waals surface area contributed by atoms with Gasteiger partial charge in [0.2, 0.25) is 5.91 Å². The summed E-state index contributed by atoms with van der Waals surface area (Å²) in [6.45, 7) is 5.31. The molecule has 132 valence electrons. The number of para-hydroxylation sites is 1. The van der Waals surface area contributed by atoms with Crippen LogP contribution in [0.2, 0.25) is 0 Å². The second kappa shape index (κ2) is 6.03. The van der Waals surface area contributed by atoms with Crippen LogP contribution in [-0.4, -0.2) is 36.0 Å². The van der Waals surface area contributed by atoms with Gasteiger partial charge in [0.1, 0.15) is 16.8 Å². The molecule has 1 amide bonds. The van der Waals surface area contributed by atoms with E-state index in [1.165, 1.54) is 0 Å². The van der Waals surface area contributed by atoms with E-state index >= 15 is 0 Å². The Morgan fingerprint density at radius 1 is 1.32 bits per heavy atom. The van der Waals surface area contributed by atoms with Crippen molar-refractivity contribution in [1.82, 2.24) is 10.2 Å². The van der Waals surface area contributed by atoms with Gasteiger partial charge in [0.25, 0.3) is 0 Å². The van der Waals surface area contributed by atoms with Crippen molar-refractivity contribution in [3.05, 3.63) is 29.8 Å². The zero-order valence-electron chi connectivity index (χ0n) is 14.8. The summed E-state index contributed by atoms with van der Waals surface area (Å²) in [5, 5.41) is 12.5. The number of hydrogen-bond donors (Lipinski definition) is 1. The normalized spacial score (nSPS) is 26.2. The van der Waals surface area contributed by atoms with Gasteiger partial charge in [-0.2, -0.15) is 5.26 Å². The molecule has 1 aliphatic carbocycles. The van der Waals surface area contributed by atoms with Crippen LogP contribution in [0.1, 0.15) is 50.6 Å². The number of benzene rings is 1. The second-order valence-corrected chi connectivity index (χ2v) is 7.68. The van der Waals surface area contributed by atoms with Crippen molar-refractivity contribution in [3.8, 4) is 11.8 Å². The standard InChI is InChI=1S/C20H25N3O2/c1-2-23-11-9-20(10-12-23)13-16(15-5-3-4-6-17(15)25-20)22-18(24)19(14-21)7-8-19/h3-6,16H,2,7-13H2,1H3,(H,22,24)/t16-/m1/s1. The second-order valence-electron chi connectivity index (χ2n) is 7.68. The lowest BCUT2D eigenvalue weighted by Gasteiger charge is -2.47. The summed E-state index contributed by atoms with van der Waals surface area (Å²) in [4.78, 5) is 15.1. The van der Waals surface area contributed by atoms with Crippen LogP contribution in [0.4, 0.5) is 0 Å². The third-order valence-electron chi connectivity index (χ3n) is 6.12. The topological polar surface area (TPSA) is 65.4 Å². The third-order valence-corrected chi connectivity index (χ3v) is 6.12. The Hall–Kier alpha value is -2.06. The van der Waals surface area contributed by atoms with Gasteiger partial charge in [-0.3, -0.25) is 4.79 Å². The highest BCUT2D eigenvalue weighted by Gasteiger charge is 2.52. The predicted molar refractivity (Wildman–Crippen MR) is 93.9 cm³/mol. The minimum Gasteiger partial charge on any atom is -0.487 e. The largest absolute Gasteiger partial charge is 0.487 e. The number of nitrogens with zero attached hydrogens (tertiary/aromatic N) is 2. The first-order chi connectivity index (χ1) is 12.1. The number of carbonyl (C=O) groups excluding carboxylic acids is 1. The summed E-state index contributed by atoms with van der Waals surface area (Å²) >= 11 is 0. The van der Waals surface area contributed by atoms with Crippen molar-refractivity contribution in [2.45, 2.75) is 50.7 Å². The van der Waals surface area contributed by atoms with Gasteiger partial charge in [-0.15, -0.1) is 0 Å². The molecule has 5 heteroatoms. The van der Waals surface area contributed by atoms with Gasteiger partial charge >= 0.3 is 0 Å². The molecular weight excluding hydrogens is 314 g/mol. The third kappa shape index (κ3) is 2.89. The Balaban J connectivity index is 1.58. The summed E-state index contributed by atoms with van der Waals surface area (Å²) in [7, 11) is 0. The van der Waals surface area contributed by atoms with Crippen molar-refractivity contribution >= 4 is 5.91 Å². The molecular formula is C20H25N3O2. The minimum atomic E-state index is -0.786. The van der Waals surface area contributed by atoms with E-state index in [2.05, 4.69) is 23.2 Å². The number of rotatable bonds is 3. The first-order valence-corrected chi connectivity index (χ1v) is 9.32. The maximum atomic E-state index is 12.6. The molecule has 1 N–H and O–H groups in total. The molecule has 0 unspecified atom stereocenters. The molecule has 3 aliphatic rings. The molecule has 1 atom stereocenters. The van der Waals surface area contributed by atoms with Crippen LogP contribution in [-0.2, 0) is 4.79 Å². The average Bonchev–Trinajstić information content (AvgIpc) is 3.44. The number of piperidine rings is 1. The molecule has 1 spiro atoms. The highest BCUT2D eigenvalue weighted by Crippen LogP contribution is 2.48. The average molecular weight is 339 g/mol. The highest BCUT2D eigenvalue weighted by molar-refractivity contribution is 5.88. The predicted octanol–water partition coefficient (Wildman–Crippen LogP) is 2.78. The van der Waals surface area contributed by atoms with E-state index in [4.69, 9.17) is 4.74 Å². The van der Waals surface area contributed by atoms with Crippen LogP contribution in [0, 0.1) is 16.7 Å². The lowest BCUT2D eigenvalue weighted by Crippen LogP contribution is -2.52. The molecule has 0 aromatic heterocycles. The molecule has 2 fully saturated rings. The molecule has 2 aliphatic heterocycles. The molecule has 1 saturated heterocycles. The minimum absolute atomic E-state index is 0.0727. The molecule has 25 heavy (non-hydrogen) atoms. The van der Waals surface area contributed by atoms with Crippen molar-refractivity contribution in [2.24, 2.45) is 5.41 Å². The van der Waals surface area contributed by atoms with Crippen LogP contribution >= 0.6 is 0 Å². The summed E-state index contributed by atoms with van der Waals surface area (Å²) in [5.41, 5.74) is 0.0426. The summed E-state index contributed by atoms with van der Waals surface area (Å²) in [6.07, 6.45) is 4.10. The molecule has 5 nitrogen and oxygen atoms in total. The van der Waals surface area contributed by atoms with E-state index in [0.717, 1.165) is 50.2 Å². The monoisotopic (exact) mass is 339 g/mol. The van der Waals surface area contributed by atoms with Gasteiger partial charge in [0.05, 0.1) is 12.1 Å². The van der Waals surface area contributed by atoms with Crippen molar-refractivity contribution in [3.63, 3.8) is 0 Å². The number of carbonyl (C=O) groups is 1. The van der Waals surface area contributed by atoms with Crippen LogP contribution in [0.15, 0.2) is 24.3 Å². The highest BCUT2D eigenvalue weighted by atomic mass is 16.5. The van der Waals surface area contributed by atoms with Gasteiger partial charge in [0, 0.05) is 25.1 Å². The molecule has 1 aromatic carbocycles. The Morgan fingerprint density at radius 2 is 2.04 bits per heavy atom. The van der Waals surface area contributed by atoms with E-state index in [1.54, 1.807) is 0 Å². The van der Waals surface area contributed by atoms with Crippen LogP contribution in [0.5, 0.6) is 5.75 Å². The van der Waals surface area contributed by atoms with Gasteiger partial charge in [-0.25, -0.2) is 0 Å². The summed E-state index contributed by atoms with van der Waals surface area (Å²) < 4.78 is 6.45. The number of amides is 1. The Morgan fingerprint density at radius 3 is 2.68 bits per heavy atom. The SMILES string of the molecule is CCN1CCC2(CC1)C[C@@H](NC(=O)C1(C#N)CC1)c1ccccc1O2. The number of likely N-dealkylation sites (tertiary alicyclic amines) is 1. The first-order valence-electron chi connectivity index (χ1n) is 9.32. The first kappa shape index (κ1) is 16.4. The molecule has 1 saturated carbocycles. The molecule has 1 aromatic rings. The smallest absolute Gasteiger partial charge is 0.240 e. The Bertz CT molecular complexity index is 712. The zero-order chi connectivity index (χ0) is 17.5. The molecule has 0 bridgehead atoms. The maximum Gasteiger partial charge on any atom is 0.240 e. The van der Waals surface area contributed by atoms with E-state index in [1.807, 2.05) is 24.3 Å². The van der Waals surface area contributed by atoms with Crippen molar-refractivity contribution in [2.75, 3.05) is 19.6 Å². The Labute approximate surface area is 149 Å². The van der Waals surface area contributed by atoms with E-state index < -0.39 is 5.41 Å². The van der Waals surface area contributed by atoms with Crippen LogP contribution in [0.3, 0.4) is 0 Å². The van der Waals surface area contributed by atoms with Gasteiger partial charge in [-0.1, -0.05) is 25.1 Å². The number of ether oxygens (including phenoxy) is 1. The van der Waals surface area contributed by atoms with Gasteiger partial charge in [0.15, 0.2) is 0 Å². The van der Waals surface area contributed by atoms with E-state index in [9.17, 15) is 10.1 Å². The summed E-state index contributed by atoms with van der Waals surface area (Å²) in [6, 6.07) is 10.1. The maximum absolute atomic E-state index is 12.6. The van der Waals surface area contributed by atoms with Crippen LogP contribution < -0.4 is 10.1 Å². The fraction of sp³-hybridized carbons (Fsp3) is 0.600. The van der Waals surface area contributed by atoms with Gasteiger partial charge in [-0.05, 0) is 38.3 Å². The Kier molecular flexibility index (Phi) is 3.96. The van der Waals surface area contributed by atoms with Gasteiger partial charge < -0.3 is 15.0 Å². The lowest BCUT2D eigenvalue weighted by atomic mass is 9.80. The molecule has 2 heterocycles. The van der Waals surface area contributed by atoms with Crippen LogP contribution in [0.25, 0.3) is 0 Å². The quantitative estimate of drug-likeness (QED) is 0.920. The van der Waals surface area contributed by atoms with E-state index in [0.29, 0.717) is 12.8 Å². The fourth-order valence-electron chi connectivity index (χ4n) is 4.14. The van der Waals surface area contributed by atoms with Crippen molar-refractivity contribution in [1.29, 1.82) is 5.26 Å². The lowest BCUT2D eigenvalue weighted by molar-refractivity contribution is -0.126. The number of fused-ring (bicyclic) bond motifs is 1. The number of hydrogen-bond acceptors (Lipinski definition) is 4. The molecule has 4 rings (SSSR count). The number of nitrogens with one attached hydrogen (secondary N) is 1. The zero-order valence-corrected chi connectivity index (χ0v) is 14.8. The summed E-state index contributed by atoms with van der Waals surface area (Å²) in [5.74, 6) is 0.767. The fourth-order valence-corrected chi connectivity index (χ4v) is 4.14.